The van der Waals surface area contributed by atoms with Crippen molar-refractivity contribution in [3.63, 3.8) is 0 Å². The maximum absolute atomic E-state index is 4.39. The maximum atomic E-state index is 4.39. The van der Waals surface area contributed by atoms with E-state index >= 15 is 0 Å². The van der Waals surface area contributed by atoms with Gasteiger partial charge in [-0.2, -0.15) is 0 Å². The molecule has 0 N–H and O–H groups in total. The summed E-state index contributed by atoms with van der Waals surface area (Å²) < 4.78 is 0. The molecule has 88 valence electrons. The molecule has 1 aliphatic heterocycles. The van der Waals surface area contributed by atoms with Gasteiger partial charge in [-0.05, 0) is 12.1 Å². The van der Waals surface area contributed by atoms with Gasteiger partial charge in [0.15, 0.2) is 0 Å². The summed E-state index contributed by atoms with van der Waals surface area (Å²) in [6, 6.07) is 0. The Morgan fingerprint density at radius 2 is 1.81 bits per heavy atom. The van der Waals surface area contributed by atoms with Crippen LogP contribution < -0.4 is 4.90 Å². The quantitative estimate of drug-likeness (QED) is 0.788. The number of alkyl halides is 1. The Bertz CT molecular complexity index is 319. The molecule has 0 amide bonds. The van der Waals surface area contributed by atoms with Gasteiger partial charge < -0.3 is 9.80 Å². The first-order valence-corrected chi connectivity index (χ1v) is 6.80. The predicted octanol–water partition coefficient (Wildman–Crippen LogP) is 1.51. The third-order valence-corrected chi connectivity index (χ3v) is 3.60. The molecule has 1 saturated heterocycles. The van der Waals surface area contributed by atoms with Gasteiger partial charge in [-0.15, -0.1) is 0 Å². The van der Waals surface area contributed by atoms with Gasteiger partial charge in [0.1, 0.15) is 0 Å². The lowest BCUT2D eigenvalue weighted by Gasteiger charge is -2.33. The van der Waals surface area contributed by atoms with Gasteiger partial charge in [0, 0.05) is 43.9 Å². The molecule has 0 bridgehead atoms. The van der Waals surface area contributed by atoms with Crippen LogP contribution in [0.25, 0.3) is 0 Å². The molecule has 0 spiro atoms. The van der Waals surface area contributed by atoms with Crippen LogP contribution in [0.2, 0.25) is 0 Å². The van der Waals surface area contributed by atoms with Crippen molar-refractivity contribution >= 4 is 21.9 Å². The summed E-state index contributed by atoms with van der Waals surface area (Å²) in [5.74, 6) is 0.862. The summed E-state index contributed by atoms with van der Waals surface area (Å²) in [6.07, 6.45) is 3.78. The first-order valence-electron chi connectivity index (χ1n) is 5.67. The monoisotopic (exact) mass is 284 g/mol. The van der Waals surface area contributed by atoms with Crippen LogP contribution in [0.4, 0.5) is 5.95 Å². The zero-order valence-electron chi connectivity index (χ0n) is 9.56. The van der Waals surface area contributed by atoms with Gasteiger partial charge in [0.05, 0.1) is 0 Å². The Kier molecular flexibility index (Phi) is 4.12. The average molecular weight is 285 g/mol. The van der Waals surface area contributed by atoms with E-state index in [0.29, 0.717) is 0 Å². The predicted molar refractivity (Wildman–Crippen MR) is 69.0 cm³/mol. The average Bonchev–Trinajstić information content (AvgIpc) is 2.39. The van der Waals surface area contributed by atoms with Crippen molar-refractivity contribution in [2.45, 2.75) is 12.3 Å². The van der Waals surface area contributed by atoms with Crippen LogP contribution in [-0.4, -0.2) is 47.6 Å². The Hall–Kier alpha value is -0.680. The van der Waals surface area contributed by atoms with Gasteiger partial charge >= 0.3 is 0 Å². The van der Waals surface area contributed by atoms with Gasteiger partial charge in [0.25, 0.3) is 0 Å². The Balaban J connectivity index is 1.97. The summed E-state index contributed by atoms with van der Waals surface area (Å²) in [5.41, 5.74) is 1.12. The number of likely N-dealkylation sites (N-methyl/N-ethyl adjacent to an activating group) is 1. The zero-order chi connectivity index (χ0) is 11.4. The van der Waals surface area contributed by atoms with Crippen LogP contribution in [0.5, 0.6) is 0 Å². The van der Waals surface area contributed by atoms with Crippen molar-refractivity contribution in [2.24, 2.45) is 0 Å². The lowest BCUT2D eigenvalue weighted by Crippen LogP contribution is -2.46. The number of nitrogens with zero attached hydrogens (tertiary/aromatic N) is 4. The van der Waals surface area contributed by atoms with Crippen LogP contribution in [-0.2, 0) is 5.33 Å². The summed E-state index contributed by atoms with van der Waals surface area (Å²) in [4.78, 5) is 13.5. The molecule has 16 heavy (non-hydrogen) atoms. The normalized spacial score (nSPS) is 17.8. The van der Waals surface area contributed by atoms with E-state index in [1.807, 2.05) is 12.4 Å². The van der Waals surface area contributed by atoms with E-state index < -0.39 is 0 Å². The third-order valence-electron chi connectivity index (χ3n) is 2.95. The molecule has 4 nitrogen and oxygen atoms in total. The number of halogens is 1. The van der Waals surface area contributed by atoms with Crippen molar-refractivity contribution in [1.82, 2.24) is 14.9 Å². The van der Waals surface area contributed by atoms with E-state index in [2.05, 4.69) is 42.6 Å². The fraction of sp³-hybridized carbons (Fsp3) is 0.636. The molecule has 1 aliphatic rings. The first kappa shape index (κ1) is 11.8. The number of rotatable bonds is 3. The molecule has 0 radical (unpaired) electrons. The highest BCUT2D eigenvalue weighted by Crippen LogP contribution is 2.11. The van der Waals surface area contributed by atoms with E-state index in [1.165, 1.54) is 0 Å². The number of anilines is 1. The summed E-state index contributed by atoms with van der Waals surface area (Å²) in [5, 5.41) is 0.816. The van der Waals surface area contributed by atoms with Gasteiger partial charge in [-0.25, -0.2) is 9.97 Å². The van der Waals surface area contributed by atoms with Crippen LogP contribution in [0.15, 0.2) is 12.4 Å². The Labute approximate surface area is 105 Å². The highest BCUT2D eigenvalue weighted by atomic mass is 79.9. The topological polar surface area (TPSA) is 32.3 Å². The summed E-state index contributed by atoms with van der Waals surface area (Å²) in [7, 11) is 0. The van der Waals surface area contributed by atoms with Crippen molar-refractivity contribution in [3.8, 4) is 0 Å². The SMILES string of the molecule is CCN1CCN(c2ncc(CBr)cn2)CC1. The van der Waals surface area contributed by atoms with Crippen LogP contribution >= 0.6 is 15.9 Å². The third kappa shape index (κ3) is 2.71. The Morgan fingerprint density at radius 3 is 2.31 bits per heavy atom. The highest BCUT2D eigenvalue weighted by molar-refractivity contribution is 9.08. The molecule has 0 unspecified atom stereocenters. The second-order valence-corrected chi connectivity index (χ2v) is 4.51. The van der Waals surface area contributed by atoms with E-state index in [-0.39, 0.29) is 0 Å². The maximum Gasteiger partial charge on any atom is 0.225 e. The minimum atomic E-state index is 0.816. The van der Waals surface area contributed by atoms with Crippen molar-refractivity contribution in [3.05, 3.63) is 18.0 Å². The minimum Gasteiger partial charge on any atom is -0.338 e. The van der Waals surface area contributed by atoms with E-state index in [1.54, 1.807) is 0 Å². The summed E-state index contributed by atoms with van der Waals surface area (Å²) in [6.45, 7) is 7.62. The Morgan fingerprint density at radius 1 is 1.19 bits per heavy atom. The van der Waals surface area contributed by atoms with Gasteiger partial charge in [-0.3, -0.25) is 0 Å². The fourth-order valence-corrected chi connectivity index (χ4v) is 2.13. The molecule has 0 aromatic carbocycles. The number of aromatic nitrogens is 2. The zero-order valence-corrected chi connectivity index (χ0v) is 11.2. The molecule has 1 fully saturated rings. The lowest BCUT2D eigenvalue weighted by molar-refractivity contribution is 0.270. The van der Waals surface area contributed by atoms with Gasteiger partial charge in [0.2, 0.25) is 5.95 Å². The molecule has 2 rings (SSSR count). The van der Waals surface area contributed by atoms with Crippen LogP contribution in [0.3, 0.4) is 0 Å². The molecule has 0 saturated carbocycles. The lowest BCUT2D eigenvalue weighted by atomic mass is 10.3. The van der Waals surface area contributed by atoms with Gasteiger partial charge in [-0.1, -0.05) is 22.9 Å². The minimum absolute atomic E-state index is 0.816. The van der Waals surface area contributed by atoms with Crippen LogP contribution in [0.1, 0.15) is 12.5 Å². The summed E-state index contributed by atoms with van der Waals surface area (Å²) >= 11 is 3.39. The molecular weight excluding hydrogens is 268 g/mol. The molecule has 2 heterocycles. The number of hydrogen-bond donors (Lipinski definition) is 0. The van der Waals surface area contributed by atoms with E-state index in [4.69, 9.17) is 0 Å². The first-order chi connectivity index (χ1) is 7.83. The smallest absolute Gasteiger partial charge is 0.225 e. The van der Waals surface area contributed by atoms with Crippen molar-refractivity contribution in [2.75, 3.05) is 37.6 Å². The standard InChI is InChI=1S/C11H17BrN4/c1-2-15-3-5-16(6-4-15)11-13-8-10(7-12)9-14-11/h8-9H,2-7H2,1H3. The second kappa shape index (κ2) is 5.59. The molecule has 1 aromatic rings. The van der Waals surface area contributed by atoms with Crippen molar-refractivity contribution in [1.29, 1.82) is 0 Å². The highest BCUT2D eigenvalue weighted by Gasteiger charge is 2.17. The van der Waals surface area contributed by atoms with Crippen LogP contribution in [0, 0.1) is 0 Å². The fourth-order valence-electron chi connectivity index (χ4n) is 1.84. The number of hydrogen-bond acceptors (Lipinski definition) is 4. The second-order valence-electron chi connectivity index (χ2n) is 3.95. The van der Waals surface area contributed by atoms with Crippen molar-refractivity contribution < 1.29 is 0 Å². The van der Waals surface area contributed by atoms with E-state index in [0.717, 1.165) is 49.6 Å². The molecule has 5 heteroatoms. The molecule has 0 atom stereocenters. The van der Waals surface area contributed by atoms with E-state index in [9.17, 15) is 0 Å². The molecular formula is C11H17BrN4. The number of piperazine rings is 1. The molecule has 1 aromatic heterocycles. The molecule has 0 aliphatic carbocycles. The largest absolute Gasteiger partial charge is 0.338 e.